The number of tetrazole rings is 1. The summed E-state index contributed by atoms with van der Waals surface area (Å²) in [6.07, 6.45) is 3.54. The summed E-state index contributed by atoms with van der Waals surface area (Å²) in [5.74, 6) is 0.697. The molecule has 140 valence electrons. The number of hydrogen-bond acceptors (Lipinski definition) is 7. The van der Waals surface area contributed by atoms with E-state index in [-0.39, 0.29) is 12.5 Å². The molecule has 1 aliphatic carbocycles. The number of methoxy groups -OCH3 is 1. The fourth-order valence-electron chi connectivity index (χ4n) is 2.76. The molecule has 2 N–H and O–H groups in total. The van der Waals surface area contributed by atoms with E-state index < -0.39 is 0 Å². The topological polar surface area (TPSA) is 116 Å². The zero-order valence-electron chi connectivity index (χ0n) is 14.2. The lowest BCUT2D eigenvalue weighted by molar-refractivity contribution is 0.0946. The van der Waals surface area contributed by atoms with Crippen LogP contribution in [0.3, 0.4) is 0 Å². The van der Waals surface area contributed by atoms with Gasteiger partial charge in [-0.25, -0.2) is 0 Å². The Morgan fingerprint density at radius 2 is 2.30 bits per heavy atom. The largest absolute Gasteiger partial charge is 0.496 e. The van der Waals surface area contributed by atoms with Gasteiger partial charge in [0.15, 0.2) is 10.6 Å². The number of halogens is 1. The Hall–Kier alpha value is -2.79. The van der Waals surface area contributed by atoms with Gasteiger partial charge in [0.05, 0.1) is 29.9 Å². The highest BCUT2D eigenvalue weighted by molar-refractivity contribution is 7.71. The number of nitrogens with one attached hydrogen (secondary N) is 2. The van der Waals surface area contributed by atoms with Gasteiger partial charge in [-0.3, -0.25) is 14.5 Å². The third kappa shape index (κ3) is 3.43. The molecule has 1 fully saturated rings. The molecule has 2 aromatic heterocycles. The molecule has 1 aromatic carbocycles. The number of H-pyrrole nitrogens is 1. The molecular formula is C15H15ClN8O2S. The third-order valence-corrected chi connectivity index (χ3v) is 4.80. The van der Waals surface area contributed by atoms with Crippen LogP contribution in [0.4, 0.5) is 0 Å². The molecule has 2 heterocycles. The molecule has 0 atom stereocenters. The molecule has 0 bridgehead atoms. The molecule has 1 aliphatic rings. The van der Waals surface area contributed by atoms with E-state index in [1.807, 2.05) is 4.57 Å². The first-order valence-electron chi connectivity index (χ1n) is 8.13. The molecule has 4 rings (SSSR count). The van der Waals surface area contributed by atoms with Crippen LogP contribution in [0.15, 0.2) is 18.5 Å². The first kappa shape index (κ1) is 17.6. The zero-order valence-corrected chi connectivity index (χ0v) is 15.8. The summed E-state index contributed by atoms with van der Waals surface area (Å²) in [5, 5.41) is 21.1. The molecule has 1 saturated carbocycles. The van der Waals surface area contributed by atoms with E-state index in [0.29, 0.717) is 38.7 Å². The molecular weight excluding hydrogens is 392 g/mol. The van der Waals surface area contributed by atoms with E-state index in [1.54, 1.807) is 6.07 Å². The van der Waals surface area contributed by atoms with E-state index in [9.17, 15) is 4.79 Å². The zero-order chi connectivity index (χ0) is 19.0. The molecule has 0 unspecified atom stereocenters. The highest BCUT2D eigenvalue weighted by Crippen LogP contribution is 2.35. The lowest BCUT2D eigenvalue weighted by Gasteiger charge is -2.12. The van der Waals surface area contributed by atoms with Crippen LogP contribution in [0.25, 0.3) is 5.69 Å². The molecule has 12 heteroatoms. The predicted octanol–water partition coefficient (Wildman–Crippen LogP) is 1.84. The van der Waals surface area contributed by atoms with Crippen molar-refractivity contribution in [2.75, 3.05) is 7.11 Å². The van der Waals surface area contributed by atoms with E-state index >= 15 is 0 Å². The number of amides is 1. The normalized spacial score (nSPS) is 13.6. The summed E-state index contributed by atoms with van der Waals surface area (Å²) in [4.78, 5) is 12.7. The Bertz CT molecular complexity index is 1040. The number of hydrogen-bond donors (Lipinski definition) is 2. The number of aromatic amines is 1. The van der Waals surface area contributed by atoms with Crippen LogP contribution in [0.5, 0.6) is 5.75 Å². The minimum absolute atomic E-state index is 0.234. The van der Waals surface area contributed by atoms with Crippen LogP contribution in [-0.2, 0) is 6.54 Å². The van der Waals surface area contributed by atoms with E-state index in [0.717, 1.165) is 12.8 Å². The van der Waals surface area contributed by atoms with Crippen molar-refractivity contribution in [3.8, 4) is 11.4 Å². The fourth-order valence-corrected chi connectivity index (χ4v) is 3.31. The van der Waals surface area contributed by atoms with Crippen LogP contribution < -0.4 is 10.1 Å². The van der Waals surface area contributed by atoms with E-state index in [2.05, 4.69) is 31.0 Å². The molecule has 0 aliphatic heterocycles. The number of ether oxygens (including phenoxy) is 1. The summed E-state index contributed by atoms with van der Waals surface area (Å²) < 4.78 is 9.24. The second-order valence-corrected chi connectivity index (χ2v) is 6.78. The summed E-state index contributed by atoms with van der Waals surface area (Å²) in [6.45, 7) is 0.234. The number of carbonyl (C=O) groups is 1. The second kappa shape index (κ2) is 7.08. The van der Waals surface area contributed by atoms with Crippen LogP contribution >= 0.6 is 23.8 Å². The van der Waals surface area contributed by atoms with Gasteiger partial charge in [0.25, 0.3) is 5.91 Å². The van der Waals surface area contributed by atoms with Gasteiger partial charge in [-0.15, -0.1) is 5.10 Å². The van der Waals surface area contributed by atoms with Crippen molar-refractivity contribution in [2.45, 2.75) is 25.4 Å². The first-order chi connectivity index (χ1) is 13.1. The highest BCUT2D eigenvalue weighted by Gasteiger charge is 2.27. The number of benzene rings is 1. The smallest absolute Gasteiger partial charge is 0.255 e. The average Bonchev–Trinajstić information content (AvgIpc) is 3.21. The van der Waals surface area contributed by atoms with Gasteiger partial charge >= 0.3 is 0 Å². The summed E-state index contributed by atoms with van der Waals surface area (Å²) >= 11 is 11.6. The predicted molar refractivity (Wildman–Crippen MR) is 97.6 cm³/mol. The summed E-state index contributed by atoms with van der Waals surface area (Å²) in [6, 6.07) is 3.49. The number of nitrogens with zero attached hydrogens (tertiary/aromatic N) is 6. The highest BCUT2D eigenvalue weighted by atomic mass is 35.5. The summed E-state index contributed by atoms with van der Waals surface area (Å²) in [5.41, 5.74) is 0.802. The van der Waals surface area contributed by atoms with E-state index in [1.165, 1.54) is 24.2 Å². The van der Waals surface area contributed by atoms with Gasteiger partial charge in [-0.2, -0.15) is 9.78 Å². The minimum atomic E-state index is -0.340. The van der Waals surface area contributed by atoms with Crippen LogP contribution in [-0.4, -0.2) is 48.0 Å². The maximum absolute atomic E-state index is 12.7. The standard InChI is InChI=1S/C15H15ClN8O2S/c1-26-12-5-11(23-7-18-21-22-23)10(16)4-9(12)14(25)17-6-13-19-20-15(27)24(13)8-2-3-8/h4-5,7-8H,2-3,6H2,1H3,(H,17,25)(H,20,27). The number of aromatic nitrogens is 7. The lowest BCUT2D eigenvalue weighted by Crippen LogP contribution is -2.25. The van der Waals surface area contributed by atoms with Crippen molar-refractivity contribution in [3.05, 3.63) is 39.6 Å². The van der Waals surface area contributed by atoms with Crippen LogP contribution in [0.2, 0.25) is 5.02 Å². The van der Waals surface area contributed by atoms with E-state index in [4.69, 9.17) is 28.6 Å². The maximum Gasteiger partial charge on any atom is 0.255 e. The van der Waals surface area contributed by atoms with Crippen molar-refractivity contribution in [1.29, 1.82) is 0 Å². The quantitative estimate of drug-likeness (QED) is 0.600. The molecule has 10 nitrogen and oxygen atoms in total. The monoisotopic (exact) mass is 406 g/mol. The Labute approximate surface area is 163 Å². The Morgan fingerprint density at radius 3 is 2.96 bits per heavy atom. The van der Waals surface area contributed by atoms with Crippen molar-refractivity contribution in [1.82, 2.24) is 40.3 Å². The molecule has 27 heavy (non-hydrogen) atoms. The number of rotatable bonds is 6. The average molecular weight is 407 g/mol. The molecule has 0 saturated heterocycles. The fraction of sp³-hybridized carbons (Fsp3) is 0.333. The molecule has 1 amide bonds. The summed E-state index contributed by atoms with van der Waals surface area (Å²) in [7, 11) is 1.47. The maximum atomic E-state index is 12.7. The number of carbonyl (C=O) groups excluding carboxylic acids is 1. The lowest BCUT2D eigenvalue weighted by atomic mass is 10.1. The Kier molecular flexibility index (Phi) is 4.62. The van der Waals surface area contributed by atoms with Crippen LogP contribution in [0, 0.1) is 4.77 Å². The van der Waals surface area contributed by atoms with Crippen molar-refractivity contribution >= 4 is 29.7 Å². The molecule has 3 aromatic rings. The second-order valence-electron chi connectivity index (χ2n) is 5.99. The molecule has 0 spiro atoms. The van der Waals surface area contributed by atoms with Crippen molar-refractivity contribution in [3.63, 3.8) is 0 Å². The van der Waals surface area contributed by atoms with Gasteiger partial charge in [-0.05, 0) is 41.6 Å². The Balaban J connectivity index is 1.57. The van der Waals surface area contributed by atoms with Crippen molar-refractivity contribution in [2.24, 2.45) is 0 Å². The minimum Gasteiger partial charge on any atom is -0.496 e. The van der Waals surface area contributed by atoms with Gasteiger partial charge in [0.1, 0.15) is 12.1 Å². The third-order valence-electron chi connectivity index (χ3n) is 4.21. The first-order valence-corrected chi connectivity index (χ1v) is 8.92. The van der Waals surface area contributed by atoms with Gasteiger partial charge in [0, 0.05) is 12.1 Å². The van der Waals surface area contributed by atoms with Gasteiger partial charge in [0.2, 0.25) is 0 Å². The van der Waals surface area contributed by atoms with Gasteiger partial charge in [-0.1, -0.05) is 11.6 Å². The molecule has 0 radical (unpaired) electrons. The van der Waals surface area contributed by atoms with Crippen LogP contribution in [0.1, 0.15) is 35.1 Å². The SMILES string of the molecule is COc1cc(-n2cnnn2)c(Cl)cc1C(=O)NCc1n[nH]c(=S)n1C1CC1. The van der Waals surface area contributed by atoms with Gasteiger partial charge < -0.3 is 10.1 Å². The Morgan fingerprint density at radius 1 is 1.48 bits per heavy atom. The van der Waals surface area contributed by atoms with Crippen molar-refractivity contribution < 1.29 is 9.53 Å².